The minimum absolute atomic E-state index is 0.0348. The summed E-state index contributed by atoms with van der Waals surface area (Å²) >= 11 is 1.36. The van der Waals surface area contributed by atoms with Gasteiger partial charge in [0.1, 0.15) is 11.4 Å². The number of amides is 1. The fourth-order valence-corrected chi connectivity index (χ4v) is 3.42. The number of benzene rings is 1. The summed E-state index contributed by atoms with van der Waals surface area (Å²) in [6.07, 6.45) is 2.73. The van der Waals surface area contributed by atoms with Crippen LogP contribution in [0.1, 0.15) is 35.0 Å². The Balaban J connectivity index is 1.67. The maximum Gasteiger partial charge on any atom is 0.271 e. The van der Waals surface area contributed by atoms with E-state index in [1.54, 1.807) is 19.1 Å². The summed E-state index contributed by atoms with van der Waals surface area (Å²) in [6.45, 7) is 3.68. The normalized spacial score (nSPS) is 12.3. The third-order valence-electron chi connectivity index (χ3n) is 4.02. The van der Waals surface area contributed by atoms with E-state index in [1.165, 1.54) is 34.1 Å². The van der Waals surface area contributed by atoms with Gasteiger partial charge in [-0.3, -0.25) is 14.0 Å². The molecule has 0 radical (unpaired) electrons. The number of halogens is 1. The van der Waals surface area contributed by atoms with Crippen molar-refractivity contribution < 1.29 is 9.18 Å². The lowest BCUT2D eigenvalue weighted by Gasteiger charge is -2.13. The molecule has 0 spiro atoms. The van der Waals surface area contributed by atoms with E-state index in [0.29, 0.717) is 17.8 Å². The number of thiazole rings is 1. The standard InChI is InChI=1S/C18H18FN3O2S/c1-11(3-4-13-5-7-14(19)8-6-13)21-16(23)15-9-20-18-22(17(15)24)12(2)10-25-18/h5-11H,3-4H2,1-2H3,(H,21,23). The molecule has 1 N–H and O–H groups in total. The summed E-state index contributed by atoms with van der Waals surface area (Å²) in [7, 11) is 0. The fraction of sp³-hybridized carbons (Fsp3) is 0.278. The molecule has 0 bridgehead atoms. The number of hydrogen-bond acceptors (Lipinski definition) is 4. The Morgan fingerprint density at radius 1 is 1.36 bits per heavy atom. The van der Waals surface area contributed by atoms with Crippen molar-refractivity contribution >= 4 is 22.2 Å². The number of nitrogens with zero attached hydrogens (tertiary/aromatic N) is 2. The minimum atomic E-state index is -0.427. The molecule has 1 aromatic carbocycles. The lowest BCUT2D eigenvalue weighted by Crippen LogP contribution is -2.37. The molecule has 1 atom stereocenters. The molecule has 7 heteroatoms. The molecule has 1 unspecified atom stereocenters. The van der Waals surface area contributed by atoms with Gasteiger partial charge in [-0.15, -0.1) is 11.3 Å². The highest BCUT2D eigenvalue weighted by molar-refractivity contribution is 7.15. The molecule has 0 saturated heterocycles. The van der Waals surface area contributed by atoms with Crippen LogP contribution in [0.2, 0.25) is 0 Å². The van der Waals surface area contributed by atoms with Crippen LogP contribution in [0.25, 0.3) is 4.96 Å². The lowest BCUT2D eigenvalue weighted by molar-refractivity contribution is 0.0936. The molecule has 5 nitrogen and oxygen atoms in total. The Bertz CT molecular complexity index is 963. The zero-order valence-corrected chi connectivity index (χ0v) is 14.8. The molecule has 3 aromatic rings. The third kappa shape index (κ3) is 3.76. The molecule has 2 aromatic heterocycles. The van der Waals surface area contributed by atoms with Crippen molar-refractivity contribution in [2.45, 2.75) is 32.7 Å². The maximum atomic E-state index is 12.9. The number of hydrogen-bond donors (Lipinski definition) is 1. The average Bonchev–Trinajstić information content (AvgIpc) is 2.96. The van der Waals surface area contributed by atoms with Gasteiger partial charge in [0, 0.05) is 23.3 Å². The Labute approximate surface area is 148 Å². The number of carbonyl (C=O) groups excluding carboxylic acids is 1. The van der Waals surface area contributed by atoms with E-state index in [4.69, 9.17) is 0 Å². The van der Waals surface area contributed by atoms with Gasteiger partial charge < -0.3 is 5.32 Å². The van der Waals surface area contributed by atoms with E-state index in [1.807, 2.05) is 12.3 Å². The highest BCUT2D eigenvalue weighted by Gasteiger charge is 2.17. The van der Waals surface area contributed by atoms with E-state index in [0.717, 1.165) is 11.3 Å². The van der Waals surface area contributed by atoms with Gasteiger partial charge in [-0.05, 0) is 44.4 Å². The van der Waals surface area contributed by atoms with Crippen LogP contribution in [0, 0.1) is 12.7 Å². The summed E-state index contributed by atoms with van der Waals surface area (Å²) in [6, 6.07) is 6.18. The highest BCUT2D eigenvalue weighted by atomic mass is 32.1. The molecule has 0 aliphatic rings. The zero-order valence-electron chi connectivity index (χ0n) is 14.0. The first-order valence-electron chi connectivity index (χ1n) is 7.97. The molecular formula is C18H18FN3O2S. The van der Waals surface area contributed by atoms with Crippen LogP contribution in [-0.4, -0.2) is 21.3 Å². The van der Waals surface area contributed by atoms with Crippen molar-refractivity contribution in [1.82, 2.24) is 14.7 Å². The first-order valence-corrected chi connectivity index (χ1v) is 8.85. The van der Waals surface area contributed by atoms with Gasteiger partial charge in [-0.2, -0.15) is 0 Å². The van der Waals surface area contributed by atoms with Crippen molar-refractivity contribution in [3.05, 3.63) is 68.8 Å². The van der Waals surface area contributed by atoms with Crippen molar-refractivity contribution in [3.8, 4) is 0 Å². The SMILES string of the molecule is Cc1csc2ncc(C(=O)NC(C)CCc3ccc(F)cc3)c(=O)n12. The summed E-state index contributed by atoms with van der Waals surface area (Å²) in [5.41, 5.74) is 1.44. The Kier molecular flexibility index (Phi) is 4.94. The topological polar surface area (TPSA) is 63.5 Å². The number of fused-ring (bicyclic) bond motifs is 1. The number of aryl methyl sites for hydroxylation is 2. The van der Waals surface area contributed by atoms with Crippen LogP contribution in [0.4, 0.5) is 4.39 Å². The zero-order chi connectivity index (χ0) is 18.0. The fourth-order valence-electron chi connectivity index (χ4n) is 2.59. The number of carbonyl (C=O) groups is 1. The van der Waals surface area contributed by atoms with Crippen molar-refractivity contribution in [1.29, 1.82) is 0 Å². The second-order valence-corrected chi connectivity index (χ2v) is 6.85. The second kappa shape index (κ2) is 7.14. The molecule has 25 heavy (non-hydrogen) atoms. The van der Waals surface area contributed by atoms with Gasteiger partial charge in [0.2, 0.25) is 0 Å². The van der Waals surface area contributed by atoms with Gasteiger partial charge in [0.15, 0.2) is 4.96 Å². The van der Waals surface area contributed by atoms with Crippen LogP contribution < -0.4 is 10.9 Å². The molecule has 0 fully saturated rings. The molecule has 0 saturated carbocycles. The highest BCUT2D eigenvalue weighted by Crippen LogP contribution is 2.11. The average molecular weight is 359 g/mol. The van der Waals surface area contributed by atoms with Crippen LogP contribution in [0.5, 0.6) is 0 Å². The molecule has 2 heterocycles. The van der Waals surface area contributed by atoms with E-state index in [2.05, 4.69) is 10.3 Å². The van der Waals surface area contributed by atoms with Gasteiger partial charge in [0.05, 0.1) is 0 Å². The smallest absolute Gasteiger partial charge is 0.271 e. The number of rotatable bonds is 5. The van der Waals surface area contributed by atoms with E-state index >= 15 is 0 Å². The molecular weight excluding hydrogens is 341 g/mol. The second-order valence-electron chi connectivity index (χ2n) is 6.01. The van der Waals surface area contributed by atoms with Crippen molar-refractivity contribution in [3.63, 3.8) is 0 Å². The lowest BCUT2D eigenvalue weighted by atomic mass is 10.1. The predicted octanol–water partition coefficient (Wildman–Crippen LogP) is 2.95. The Morgan fingerprint density at radius 2 is 2.08 bits per heavy atom. The molecule has 0 aliphatic heterocycles. The molecule has 3 rings (SSSR count). The largest absolute Gasteiger partial charge is 0.349 e. The van der Waals surface area contributed by atoms with Crippen LogP contribution in [0.3, 0.4) is 0 Å². The monoisotopic (exact) mass is 359 g/mol. The van der Waals surface area contributed by atoms with Crippen molar-refractivity contribution in [2.24, 2.45) is 0 Å². The quantitative estimate of drug-likeness (QED) is 0.762. The Hall–Kier alpha value is -2.54. The molecule has 130 valence electrons. The first-order chi connectivity index (χ1) is 12.0. The minimum Gasteiger partial charge on any atom is -0.349 e. The van der Waals surface area contributed by atoms with Gasteiger partial charge in [0.25, 0.3) is 11.5 Å². The summed E-state index contributed by atoms with van der Waals surface area (Å²) < 4.78 is 14.4. The van der Waals surface area contributed by atoms with E-state index < -0.39 is 5.91 Å². The summed E-state index contributed by atoms with van der Waals surface area (Å²) in [5, 5.41) is 4.66. The first kappa shape index (κ1) is 17.3. The number of nitrogens with one attached hydrogen (secondary N) is 1. The van der Waals surface area contributed by atoms with Crippen LogP contribution in [0.15, 0.2) is 40.6 Å². The van der Waals surface area contributed by atoms with Gasteiger partial charge >= 0.3 is 0 Å². The van der Waals surface area contributed by atoms with Gasteiger partial charge in [-0.1, -0.05) is 12.1 Å². The third-order valence-corrected chi connectivity index (χ3v) is 4.98. The van der Waals surface area contributed by atoms with Crippen molar-refractivity contribution in [2.75, 3.05) is 0 Å². The van der Waals surface area contributed by atoms with Gasteiger partial charge in [-0.25, -0.2) is 9.37 Å². The summed E-state index contributed by atoms with van der Waals surface area (Å²) in [5.74, 6) is -0.693. The van der Waals surface area contributed by atoms with Crippen LogP contribution in [-0.2, 0) is 6.42 Å². The maximum absolute atomic E-state index is 12.9. The Morgan fingerprint density at radius 3 is 2.80 bits per heavy atom. The molecule has 1 amide bonds. The summed E-state index contributed by atoms with van der Waals surface area (Å²) in [4.78, 5) is 29.6. The number of aromatic nitrogens is 2. The predicted molar refractivity (Wildman–Crippen MR) is 95.7 cm³/mol. The van der Waals surface area contributed by atoms with E-state index in [-0.39, 0.29) is 23.0 Å². The van der Waals surface area contributed by atoms with E-state index in [9.17, 15) is 14.0 Å². The van der Waals surface area contributed by atoms with Crippen LogP contribution >= 0.6 is 11.3 Å². The molecule has 0 aliphatic carbocycles.